The Morgan fingerprint density at radius 2 is 2.00 bits per heavy atom. The van der Waals surface area contributed by atoms with E-state index in [4.69, 9.17) is 4.74 Å². The zero-order valence-electron chi connectivity index (χ0n) is 9.99. The predicted octanol–water partition coefficient (Wildman–Crippen LogP) is 2.33. The number of carbonyl (C=O) groups is 1. The summed E-state index contributed by atoms with van der Waals surface area (Å²) in [5, 5.41) is 0. The molecule has 0 aliphatic carbocycles. The zero-order chi connectivity index (χ0) is 11.7. The topological polar surface area (TPSA) is 29.5 Å². The third-order valence-corrected chi connectivity index (χ3v) is 4.97. The van der Waals surface area contributed by atoms with Gasteiger partial charge in [0, 0.05) is 12.1 Å². The maximum atomic E-state index is 11.7. The maximum Gasteiger partial charge on any atom is 0.319 e. The molecule has 2 unspecified atom stereocenters. The number of piperidine rings is 1. The zero-order valence-corrected chi connectivity index (χ0v) is 11.6. The molecule has 0 aromatic rings. The molecule has 0 amide bonds. The summed E-state index contributed by atoms with van der Waals surface area (Å²) in [5.41, 5.74) is 0. The molecule has 3 nitrogen and oxygen atoms in total. The fraction of sp³-hybridized carbons (Fsp3) is 0.917. The Labute approximate surface area is 106 Å². The molecule has 2 saturated heterocycles. The van der Waals surface area contributed by atoms with Crippen molar-refractivity contribution in [3.05, 3.63) is 0 Å². The fourth-order valence-electron chi connectivity index (χ4n) is 2.86. The Morgan fingerprint density at radius 1 is 1.44 bits per heavy atom. The van der Waals surface area contributed by atoms with Crippen LogP contribution in [-0.2, 0) is 9.53 Å². The third kappa shape index (κ3) is 2.43. The summed E-state index contributed by atoms with van der Waals surface area (Å²) in [6.45, 7) is 1.99. The van der Waals surface area contributed by atoms with Crippen molar-refractivity contribution in [2.24, 2.45) is 0 Å². The molecular weight excluding hydrogens is 270 g/mol. The molecule has 2 aliphatic rings. The van der Waals surface area contributed by atoms with E-state index < -0.39 is 0 Å². The molecule has 2 rings (SSSR count). The average Bonchev–Trinajstić information content (AvgIpc) is 2.52. The van der Waals surface area contributed by atoms with Gasteiger partial charge in [-0.05, 0) is 39.2 Å². The monoisotopic (exact) mass is 289 g/mol. The molecule has 0 aromatic carbocycles. The number of halogens is 1. The molecule has 2 fully saturated rings. The standard InChI is InChI=1S/C12H20BrNO2/c1-3-11(13)12(15)16-10-6-8-4-5-9(7-10)14(8)2/h8-11H,3-7H2,1-2H3/t8-,9+,10?,11?. The van der Waals surface area contributed by atoms with Gasteiger partial charge in [0.1, 0.15) is 10.9 Å². The Balaban J connectivity index is 1.87. The summed E-state index contributed by atoms with van der Waals surface area (Å²) in [4.78, 5) is 14.0. The van der Waals surface area contributed by atoms with Crippen LogP contribution < -0.4 is 0 Å². The average molecular weight is 290 g/mol. The van der Waals surface area contributed by atoms with Crippen LogP contribution in [0.4, 0.5) is 0 Å². The van der Waals surface area contributed by atoms with Gasteiger partial charge >= 0.3 is 5.97 Å². The molecule has 16 heavy (non-hydrogen) atoms. The van der Waals surface area contributed by atoms with Gasteiger partial charge in [-0.2, -0.15) is 0 Å². The van der Waals surface area contributed by atoms with Gasteiger partial charge in [-0.3, -0.25) is 4.79 Å². The van der Waals surface area contributed by atoms with Gasteiger partial charge in [0.2, 0.25) is 0 Å². The molecular formula is C12H20BrNO2. The molecule has 92 valence electrons. The van der Waals surface area contributed by atoms with Gasteiger partial charge in [-0.25, -0.2) is 0 Å². The van der Waals surface area contributed by atoms with E-state index in [0.717, 1.165) is 19.3 Å². The lowest BCUT2D eigenvalue weighted by molar-refractivity contribution is -0.151. The number of nitrogens with zero attached hydrogens (tertiary/aromatic N) is 1. The van der Waals surface area contributed by atoms with Crippen LogP contribution in [0.3, 0.4) is 0 Å². The summed E-state index contributed by atoms with van der Waals surface area (Å²) in [7, 11) is 2.19. The van der Waals surface area contributed by atoms with Gasteiger partial charge in [-0.15, -0.1) is 0 Å². The summed E-state index contributed by atoms with van der Waals surface area (Å²) < 4.78 is 5.56. The number of esters is 1. The molecule has 4 heteroatoms. The van der Waals surface area contributed by atoms with E-state index >= 15 is 0 Å². The lowest BCUT2D eigenvalue weighted by atomic mass is 10.0. The first kappa shape index (κ1) is 12.4. The lowest BCUT2D eigenvalue weighted by Crippen LogP contribution is -2.43. The molecule has 0 N–H and O–H groups in total. The minimum atomic E-state index is -0.134. The fourth-order valence-corrected chi connectivity index (χ4v) is 2.97. The first-order valence-electron chi connectivity index (χ1n) is 6.18. The van der Waals surface area contributed by atoms with E-state index in [1.807, 2.05) is 6.92 Å². The van der Waals surface area contributed by atoms with Crippen molar-refractivity contribution >= 4 is 21.9 Å². The van der Waals surface area contributed by atoms with Crippen LogP contribution in [0.5, 0.6) is 0 Å². The lowest BCUT2D eigenvalue weighted by Gasteiger charge is -2.36. The van der Waals surface area contributed by atoms with Crippen LogP contribution in [0.1, 0.15) is 39.0 Å². The molecule has 2 heterocycles. The Kier molecular flexibility index (Phi) is 3.90. The van der Waals surface area contributed by atoms with Crippen molar-refractivity contribution in [2.75, 3.05) is 7.05 Å². The quantitative estimate of drug-likeness (QED) is 0.590. The van der Waals surface area contributed by atoms with Crippen LogP contribution in [0.2, 0.25) is 0 Å². The first-order chi connectivity index (χ1) is 7.61. The second-order valence-corrected chi connectivity index (χ2v) is 6.06. The van der Waals surface area contributed by atoms with Crippen LogP contribution in [-0.4, -0.2) is 40.9 Å². The summed E-state index contributed by atoms with van der Waals surface area (Å²) in [5.74, 6) is -0.0866. The highest BCUT2D eigenvalue weighted by molar-refractivity contribution is 9.10. The van der Waals surface area contributed by atoms with Crippen molar-refractivity contribution < 1.29 is 9.53 Å². The second-order valence-electron chi connectivity index (χ2n) is 4.96. The van der Waals surface area contributed by atoms with Gasteiger partial charge in [0.05, 0.1) is 0 Å². The highest BCUT2D eigenvalue weighted by Gasteiger charge is 2.40. The van der Waals surface area contributed by atoms with E-state index in [0.29, 0.717) is 12.1 Å². The van der Waals surface area contributed by atoms with Crippen molar-refractivity contribution in [3.63, 3.8) is 0 Å². The van der Waals surface area contributed by atoms with E-state index in [1.165, 1.54) is 12.8 Å². The number of fused-ring (bicyclic) bond motifs is 2. The summed E-state index contributed by atoms with van der Waals surface area (Å²) in [6.07, 6.45) is 5.50. The van der Waals surface area contributed by atoms with Crippen molar-refractivity contribution in [1.29, 1.82) is 0 Å². The molecule has 4 atom stereocenters. The Bertz CT molecular complexity index is 258. The number of alkyl halides is 1. The van der Waals surface area contributed by atoms with E-state index in [1.54, 1.807) is 0 Å². The van der Waals surface area contributed by atoms with Crippen molar-refractivity contribution in [1.82, 2.24) is 4.90 Å². The smallest absolute Gasteiger partial charge is 0.319 e. The van der Waals surface area contributed by atoms with Gasteiger partial charge in [0.25, 0.3) is 0 Å². The van der Waals surface area contributed by atoms with Gasteiger partial charge < -0.3 is 9.64 Å². The Morgan fingerprint density at radius 3 is 2.50 bits per heavy atom. The summed E-state index contributed by atoms with van der Waals surface area (Å²) in [6, 6.07) is 1.26. The van der Waals surface area contributed by atoms with E-state index in [2.05, 4.69) is 27.9 Å². The molecule has 0 aromatic heterocycles. The van der Waals surface area contributed by atoms with E-state index in [9.17, 15) is 4.79 Å². The normalized spacial score (nSPS) is 36.1. The van der Waals surface area contributed by atoms with Crippen LogP contribution >= 0.6 is 15.9 Å². The number of hydrogen-bond donors (Lipinski definition) is 0. The van der Waals surface area contributed by atoms with Crippen LogP contribution in [0.25, 0.3) is 0 Å². The molecule has 2 bridgehead atoms. The Hall–Kier alpha value is -0.0900. The molecule has 0 saturated carbocycles. The van der Waals surface area contributed by atoms with E-state index in [-0.39, 0.29) is 16.9 Å². The van der Waals surface area contributed by atoms with Crippen molar-refractivity contribution in [3.8, 4) is 0 Å². The first-order valence-corrected chi connectivity index (χ1v) is 7.09. The number of hydrogen-bond acceptors (Lipinski definition) is 3. The SMILES string of the molecule is CCC(Br)C(=O)OC1C[C@H]2CC[C@@H](C1)N2C. The second kappa shape index (κ2) is 5.05. The van der Waals surface area contributed by atoms with Crippen LogP contribution in [0, 0.1) is 0 Å². The number of rotatable bonds is 3. The molecule has 0 radical (unpaired) electrons. The van der Waals surface area contributed by atoms with Gasteiger partial charge in [0.15, 0.2) is 0 Å². The van der Waals surface area contributed by atoms with Crippen molar-refractivity contribution in [2.45, 2.75) is 62.0 Å². The third-order valence-electron chi connectivity index (χ3n) is 3.95. The predicted molar refractivity (Wildman–Crippen MR) is 66.7 cm³/mol. The highest BCUT2D eigenvalue weighted by atomic mass is 79.9. The maximum absolute atomic E-state index is 11.7. The summed E-state index contributed by atoms with van der Waals surface area (Å²) >= 11 is 3.34. The van der Waals surface area contributed by atoms with Crippen LogP contribution in [0.15, 0.2) is 0 Å². The van der Waals surface area contributed by atoms with Gasteiger partial charge in [-0.1, -0.05) is 22.9 Å². The minimum Gasteiger partial charge on any atom is -0.461 e. The number of carbonyl (C=O) groups excluding carboxylic acids is 1. The largest absolute Gasteiger partial charge is 0.461 e. The molecule has 2 aliphatic heterocycles. The number of ether oxygens (including phenoxy) is 1. The highest BCUT2D eigenvalue weighted by Crippen LogP contribution is 2.35. The molecule has 0 spiro atoms. The minimum absolute atomic E-state index is 0.0866.